The Morgan fingerprint density at radius 3 is 2.15 bits per heavy atom. The van der Waals surface area contributed by atoms with Crippen molar-refractivity contribution in [2.45, 2.75) is 95.2 Å². The molecule has 0 bridgehead atoms. The topological polar surface area (TPSA) is 46.5 Å². The van der Waals surface area contributed by atoms with Gasteiger partial charge in [-0.3, -0.25) is 4.79 Å². The molecule has 2 saturated carbocycles. The molecule has 1 heterocycles. The second-order valence-corrected chi connectivity index (χ2v) is 7.37. The summed E-state index contributed by atoms with van der Waals surface area (Å²) in [5, 5.41) is 9.78. The Morgan fingerprint density at radius 1 is 0.950 bits per heavy atom. The van der Waals surface area contributed by atoms with E-state index in [1.165, 1.54) is 38.5 Å². The third-order valence-electron chi connectivity index (χ3n) is 5.99. The summed E-state index contributed by atoms with van der Waals surface area (Å²) in [7, 11) is 0. The highest BCUT2D eigenvalue weighted by atomic mass is 16.5. The lowest BCUT2D eigenvalue weighted by molar-refractivity contribution is -0.153. The molecule has 1 spiro atoms. The summed E-state index contributed by atoms with van der Waals surface area (Å²) < 4.78 is 6.37. The molecule has 1 atom stereocenters. The zero-order valence-electron chi connectivity index (χ0n) is 12.5. The lowest BCUT2D eigenvalue weighted by Gasteiger charge is -2.32. The van der Waals surface area contributed by atoms with E-state index in [4.69, 9.17) is 4.74 Å². The van der Waals surface area contributed by atoms with Crippen molar-refractivity contribution in [3.63, 3.8) is 0 Å². The van der Waals surface area contributed by atoms with E-state index >= 15 is 0 Å². The van der Waals surface area contributed by atoms with Gasteiger partial charge in [-0.15, -0.1) is 0 Å². The van der Waals surface area contributed by atoms with Crippen molar-refractivity contribution in [1.82, 2.24) is 0 Å². The number of carboxylic acids is 1. The van der Waals surface area contributed by atoms with Crippen LogP contribution >= 0.6 is 0 Å². The third-order valence-corrected chi connectivity index (χ3v) is 5.99. The molecule has 1 N–H and O–H groups in total. The van der Waals surface area contributed by atoms with E-state index in [1.54, 1.807) is 0 Å². The molecule has 0 amide bonds. The van der Waals surface area contributed by atoms with E-state index in [0.29, 0.717) is 0 Å². The Labute approximate surface area is 122 Å². The van der Waals surface area contributed by atoms with Gasteiger partial charge in [0, 0.05) is 0 Å². The highest BCUT2D eigenvalue weighted by Gasteiger charge is 2.47. The molecule has 2 aliphatic carbocycles. The maximum Gasteiger partial charge on any atom is 0.309 e. The van der Waals surface area contributed by atoms with Crippen LogP contribution in [-0.2, 0) is 9.53 Å². The molecular formula is C17H28O3. The number of rotatable bonds is 3. The summed E-state index contributed by atoms with van der Waals surface area (Å²) in [6, 6.07) is 0. The van der Waals surface area contributed by atoms with E-state index in [0.717, 1.165) is 44.9 Å². The van der Waals surface area contributed by atoms with Gasteiger partial charge in [0.2, 0.25) is 0 Å². The predicted molar refractivity (Wildman–Crippen MR) is 77.7 cm³/mol. The smallest absolute Gasteiger partial charge is 0.309 e. The van der Waals surface area contributed by atoms with Crippen LogP contribution in [0.2, 0.25) is 0 Å². The fraction of sp³-hybridized carbons (Fsp3) is 0.941. The molecule has 1 aliphatic heterocycles. The van der Waals surface area contributed by atoms with E-state index in [2.05, 4.69) is 0 Å². The SMILES string of the molecule is O=C(O)C1(CC2CCC3(CCCC3)O2)CCCCCC1. The highest BCUT2D eigenvalue weighted by Crippen LogP contribution is 2.48. The number of carboxylic acid groups (broad SMARTS) is 1. The minimum atomic E-state index is -0.574. The molecule has 3 rings (SSSR count). The van der Waals surface area contributed by atoms with Gasteiger partial charge < -0.3 is 9.84 Å². The van der Waals surface area contributed by atoms with Gasteiger partial charge in [0.1, 0.15) is 0 Å². The Kier molecular flexibility index (Phi) is 4.07. The fourth-order valence-electron chi connectivity index (χ4n) is 4.77. The summed E-state index contributed by atoms with van der Waals surface area (Å²) in [4.78, 5) is 11.9. The highest BCUT2D eigenvalue weighted by molar-refractivity contribution is 5.74. The first-order chi connectivity index (χ1) is 9.64. The summed E-state index contributed by atoms with van der Waals surface area (Å²) in [6.45, 7) is 0. The van der Waals surface area contributed by atoms with Crippen molar-refractivity contribution in [1.29, 1.82) is 0 Å². The van der Waals surface area contributed by atoms with Crippen LogP contribution < -0.4 is 0 Å². The summed E-state index contributed by atoms with van der Waals surface area (Å²) >= 11 is 0. The normalized spacial score (nSPS) is 32.3. The molecule has 114 valence electrons. The van der Waals surface area contributed by atoms with Crippen molar-refractivity contribution in [3.05, 3.63) is 0 Å². The average Bonchev–Trinajstić information content (AvgIpc) is 2.96. The van der Waals surface area contributed by atoms with Crippen molar-refractivity contribution in [2.75, 3.05) is 0 Å². The first-order valence-corrected chi connectivity index (χ1v) is 8.56. The van der Waals surface area contributed by atoms with Gasteiger partial charge >= 0.3 is 5.97 Å². The summed E-state index contributed by atoms with van der Waals surface area (Å²) in [6.07, 6.45) is 14.4. The number of ether oxygens (including phenoxy) is 1. The molecule has 3 nitrogen and oxygen atoms in total. The van der Waals surface area contributed by atoms with Gasteiger partial charge in [-0.25, -0.2) is 0 Å². The number of hydrogen-bond acceptors (Lipinski definition) is 2. The van der Waals surface area contributed by atoms with Crippen molar-refractivity contribution >= 4 is 5.97 Å². The minimum absolute atomic E-state index is 0.134. The van der Waals surface area contributed by atoms with Crippen LogP contribution in [0.25, 0.3) is 0 Å². The number of carbonyl (C=O) groups is 1. The van der Waals surface area contributed by atoms with Gasteiger partial charge in [-0.2, -0.15) is 0 Å². The van der Waals surface area contributed by atoms with E-state index < -0.39 is 11.4 Å². The number of aliphatic carboxylic acids is 1. The zero-order valence-corrected chi connectivity index (χ0v) is 12.5. The van der Waals surface area contributed by atoms with Crippen LogP contribution in [0.4, 0.5) is 0 Å². The summed E-state index contributed by atoms with van der Waals surface area (Å²) in [5.41, 5.74) is -0.361. The molecule has 0 radical (unpaired) electrons. The quantitative estimate of drug-likeness (QED) is 0.784. The molecule has 3 fully saturated rings. The van der Waals surface area contributed by atoms with Crippen LogP contribution in [0.3, 0.4) is 0 Å². The third kappa shape index (κ3) is 2.74. The van der Waals surface area contributed by atoms with Crippen LogP contribution in [-0.4, -0.2) is 22.8 Å². The van der Waals surface area contributed by atoms with Gasteiger partial charge in [0.15, 0.2) is 0 Å². The molecule has 0 aromatic carbocycles. The molecule has 3 aliphatic rings. The standard InChI is InChI=1S/C17H28O3/c18-15(19)16(8-3-1-2-4-9-16)13-14-7-12-17(20-14)10-5-6-11-17/h14H,1-13H2,(H,18,19). The lowest BCUT2D eigenvalue weighted by atomic mass is 9.75. The molecular weight excluding hydrogens is 252 g/mol. The van der Waals surface area contributed by atoms with Crippen molar-refractivity contribution in [3.8, 4) is 0 Å². The molecule has 1 unspecified atom stereocenters. The van der Waals surface area contributed by atoms with Gasteiger partial charge in [-0.1, -0.05) is 38.5 Å². The molecule has 0 aromatic rings. The maximum absolute atomic E-state index is 11.9. The lowest BCUT2D eigenvalue weighted by Crippen LogP contribution is -2.35. The van der Waals surface area contributed by atoms with Gasteiger partial charge in [0.25, 0.3) is 0 Å². The van der Waals surface area contributed by atoms with Crippen molar-refractivity contribution in [2.24, 2.45) is 5.41 Å². The Morgan fingerprint density at radius 2 is 1.55 bits per heavy atom. The van der Waals surface area contributed by atoms with Crippen molar-refractivity contribution < 1.29 is 14.6 Å². The van der Waals surface area contributed by atoms with E-state index in [1.807, 2.05) is 0 Å². The Hall–Kier alpha value is -0.570. The van der Waals surface area contributed by atoms with Crippen LogP contribution in [0, 0.1) is 5.41 Å². The second kappa shape index (κ2) is 5.67. The average molecular weight is 280 g/mol. The van der Waals surface area contributed by atoms with Crippen LogP contribution in [0.15, 0.2) is 0 Å². The minimum Gasteiger partial charge on any atom is -0.481 e. The maximum atomic E-state index is 11.9. The Bertz CT molecular complexity index is 349. The zero-order chi connectivity index (χ0) is 14.1. The van der Waals surface area contributed by atoms with Crippen LogP contribution in [0.1, 0.15) is 83.5 Å². The first kappa shape index (κ1) is 14.4. The predicted octanol–water partition coefficient (Wildman–Crippen LogP) is 4.29. The Balaban J connectivity index is 1.66. The second-order valence-electron chi connectivity index (χ2n) is 7.37. The van der Waals surface area contributed by atoms with E-state index in [9.17, 15) is 9.90 Å². The van der Waals surface area contributed by atoms with Crippen LogP contribution in [0.5, 0.6) is 0 Å². The number of hydrogen-bond donors (Lipinski definition) is 1. The summed E-state index contributed by atoms with van der Waals surface area (Å²) in [5.74, 6) is -0.574. The first-order valence-electron chi connectivity index (χ1n) is 8.56. The molecule has 3 heteroatoms. The van der Waals surface area contributed by atoms with Gasteiger partial charge in [-0.05, 0) is 44.9 Å². The van der Waals surface area contributed by atoms with Gasteiger partial charge in [0.05, 0.1) is 17.1 Å². The largest absolute Gasteiger partial charge is 0.481 e. The molecule has 1 saturated heterocycles. The fourth-order valence-corrected chi connectivity index (χ4v) is 4.77. The monoisotopic (exact) mass is 280 g/mol. The van der Waals surface area contributed by atoms with E-state index in [-0.39, 0.29) is 11.7 Å². The molecule has 20 heavy (non-hydrogen) atoms. The molecule has 0 aromatic heterocycles.